The SMILES string of the molecule is Cn1[nH]c2ccc(CC(=O)O)cc2c1=O. The minimum atomic E-state index is -0.901. The molecule has 0 aliphatic heterocycles. The summed E-state index contributed by atoms with van der Waals surface area (Å²) in [5, 5.41) is 12.0. The zero-order valence-electron chi connectivity index (χ0n) is 8.15. The molecular formula is C10H10N2O3. The van der Waals surface area contributed by atoms with Gasteiger partial charge in [-0.1, -0.05) is 6.07 Å². The molecule has 0 atom stereocenters. The van der Waals surface area contributed by atoms with Crippen molar-refractivity contribution in [1.29, 1.82) is 0 Å². The summed E-state index contributed by atoms with van der Waals surface area (Å²) >= 11 is 0. The fourth-order valence-corrected chi connectivity index (χ4v) is 1.56. The Balaban J connectivity index is 2.59. The van der Waals surface area contributed by atoms with Crippen molar-refractivity contribution >= 4 is 16.9 Å². The van der Waals surface area contributed by atoms with Crippen LogP contribution in [0.15, 0.2) is 23.0 Å². The van der Waals surface area contributed by atoms with Gasteiger partial charge in [0.15, 0.2) is 0 Å². The summed E-state index contributed by atoms with van der Waals surface area (Å²) < 4.78 is 1.37. The Bertz CT molecular complexity index is 580. The molecule has 2 rings (SSSR count). The van der Waals surface area contributed by atoms with Gasteiger partial charge >= 0.3 is 5.97 Å². The highest BCUT2D eigenvalue weighted by Crippen LogP contribution is 2.10. The zero-order valence-corrected chi connectivity index (χ0v) is 8.15. The van der Waals surface area contributed by atoms with Crippen LogP contribution in [0.25, 0.3) is 10.9 Å². The molecule has 2 N–H and O–H groups in total. The standard InChI is InChI=1S/C10H10N2O3/c1-12-10(15)7-4-6(5-9(13)14)2-3-8(7)11-12/h2-4,11H,5H2,1H3,(H,13,14). The summed E-state index contributed by atoms with van der Waals surface area (Å²) in [7, 11) is 1.62. The number of carbonyl (C=O) groups is 1. The lowest BCUT2D eigenvalue weighted by Gasteiger charge is -1.95. The molecule has 0 radical (unpaired) electrons. The number of aromatic nitrogens is 2. The smallest absolute Gasteiger partial charge is 0.307 e. The van der Waals surface area contributed by atoms with Crippen molar-refractivity contribution in [1.82, 2.24) is 9.78 Å². The van der Waals surface area contributed by atoms with Crippen molar-refractivity contribution in [3.8, 4) is 0 Å². The predicted octanol–water partition coefficient (Wildman–Crippen LogP) is 0.494. The van der Waals surface area contributed by atoms with E-state index in [0.717, 1.165) is 5.52 Å². The largest absolute Gasteiger partial charge is 0.481 e. The Morgan fingerprint density at radius 1 is 1.53 bits per heavy atom. The average Bonchev–Trinajstić information content (AvgIpc) is 2.43. The molecule has 0 amide bonds. The second-order valence-corrected chi connectivity index (χ2v) is 3.43. The lowest BCUT2D eigenvalue weighted by molar-refractivity contribution is -0.136. The fraction of sp³-hybridized carbons (Fsp3) is 0.200. The van der Waals surface area contributed by atoms with Crippen LogP contribution in [0.4, 0.5) is 0 Å². The Morgan fingerprint density at radius 3 is 2.93 bits per heavy atom. The first-order valence-corrected chi connectivity index (χ1v) is 4.47. The summed E-state index contributed by atoms with van der Waals surface area (Å²) in [4.78, 5) is 22.1. The van der Waals surface area contributed by atoms with Gasteiger partial charge in [0.1, 0.15) is 0 Å². The van der Waals surface area contributed by atoms with Gasteiger partial charge in [0, 0.05) is 7.05 Å². The van der Waals surface area contributed by atoms with Crippen LogP contribution < -0.4 is 5.56 Å². The molecule has 0 unspecified atom stereocenters. The van der Waals surface area contributed by atoms with Crippen molar-refractivity contribution in [3.05, 3.63) is 34.1 Å². The molecular weight excluding hydrogens is 196 g/mol. The number of nitrogens with zero attached hydrogens (tertiary/aromatic N) is 1. The summed E-state index contributed by atoms with van der Waals surface area (Å²) in [5.74, 6) is -0.901. The highest BCUT2D eigenvalue weighted by Gasteiger charge is 2.06. The molecule has 1 aromatic heterocycles. The third-order valence-corrected chi connectivity index (χ3v) is 2.26. The molecule has 0 bridgehead atoms. The summed E-state index contributed by atoms with van der Waals surface area (Å²) in [6.07, 6.45) is -0.0652. The van der Waals surface area contributed by atoms with Crippen molar-refractivity contribution < 1.29 is 9.90 Å². The second-order valence-electron chi connectivity index (χ2n) is 3.43. The van der Waals surface area contributed by atoms with Crippen LogP contribution in [0.1, 0.15) is 5.56 Å². The molecule has 1 heterocycles. The summed E-state index contributed by atoms with van der Waals surface area (Å²) in [6, 6.07) is 5.03. The van der Waals surface area contributed by atoms with Gasteiger partial charge in [0.05, 0.1) is 17.3 Å². The highest BCUT2D eigenvalue weighted by molar-refractivity contribution is 5.80. The summed E-state index contributed by atoms with van der Waals surface area (Å²) in [6.45, 7) is 0. The van der Waals surface area contributed by atoms with E-state index in [1.165, 1.54) is 4.68 Å². The molecule has 15 heavy (non-hydrogen) atoms. The third-order valence-electron chi connectivity index (χ3n) is 2.26. The minimum absolute atomic E-state index is 0.0652. The van der Waals surface area contributed by atoms with Gasteiger partial charge in [-0.05, 0) is 17.7 Å². The topological polar surface area (TPSA) is 75.1 Å². The maximum Gasteiger partial charge on any atom is 0.307 e. The van der Waals surface area contributed by atoms with E-state index >= 15 is 0 Å². The number of nitrogens with one attached hydrogen (secondary N) is 1. The summed E-state index contributed by atoms with van der Waals surface area (Å²) in [5.41, 5.74) is 1.21. The number of carboxylic acid groups (broad SMARTS) is 1. The maximum absolute atomic E-state index is 11.6. The molecule has 0 spiro atoms. The molecule has 0 fully saturated rings. The Morgan fingerprint density at radius 2 is 2.27 bits per heavy atom. The number of aryl methyl sites for hydroxylation is 1. The van der Waals surface area contributed by atoms with E-state index in [-0.39, 0.29) is 12.0 Å². The molecule has 0 aliphatic rings. The second kappa shape index (κ2) is 3.27. The number of rotatable bonds is 2. The van der Waals surface area contributed by atoms with E-state index in [4.69, 9.17) is 5.11 Å². The predicted molar refractivity (Wildman–Crippen MR) is 54.9 cm³/mol. The van der Waals surface area contributed by atoms with Gasteiger partial charge in [-0.25, -0.2) is 0 Å². The van der Waals surface area contributed by atoms with E-state index in [2.05, 4.69) is 5.10 Å². The van der Waals surface area contributed by atoms with E-state index in [1.54, 1.807) is 25.2 Å². The van der Waals surface area contributed by atoms with Crippen LogP contribution >= 0.6 is 0 Å². The number of hydrogen-bond donors (Lipinski definition) is 2. The van der Waals surface area contributed by atoms with Crippen molar-refractivity contribution in [2.45, 2.75) is 6.42 Å². The number of benzene rings is 1. The molecule has 0 saturated heterocycles. The quantitative estimate of drug-likeness (QED) is 0.751. The van der Waals surface area contributed by atoms with Crippen LogP contribution in [-0.2, 0) is 18.3 Å². The van der Waals surface area contributed by atoms with Crippen molar-refractivity contribution in [2.75, 3.05) is 0 Å². The van der Waals surface area contributed by atoms with Crippen LogP contribution in [0.2, 0.25) is 0 Å². The average molecular weight is 206 g/mol. The first-order chi connectivity index (χ1) is 7.08. The normalized spacial score (nSPS) is 10.7. The number of hydrogen-bond acceptors (Lipinski definition) is 2. The number of H-pyrrole nitrogens is 1. The van der Waals surface area contributed by atoms with Crippen LogP contribution in [0, 0.1) is 0 Å². The van der Waals surface area contributed by atoms with Crippen molar-refractivity contribution in [3.63, 3.8) is 0 Å². The van der Waals surface area contributed by atoms with Crippen LogP contribution in [0.5, 0.6) is 0 Å². The van der Waals surface area contributed by atoms with Crippen LogP contribution in [0.3, 0.4) is 0 Å². The van der Waals surface area contributed by atoms with E-state index < -0.39 is 5.97 Å². The first-order valence-electron chi connectivity index (χ1n) is 4.47. The molecule has 2 aromatic rings. The van der Waals surface area contributed by atoms with Crippen molar-refractivity contribution in [2.24, 2.45) is 7.05 Å². The number of aromatic amines is 1. The van der Waals surface area contributed by atoms with E-state index in [9.17, 15) is 9.59 Å². The highest BCUT2D eigenvalue weighted by atomic mass is 16.4. The Kier molecular flexibility index (Phi) is 2.07. The Hall–Kier alpha value is -2.04. The number of fused-ring (bicyclic) bond motifs is 1. The number of carboxylic acids is 1. The van der Waals surface area contributed by atoms with Gasteiger partial charge in [-0.2, -0.15) is 0 Å². The lowest BCUT2D eigenvalue weighted by atomic mass is 10.1. The number of aliphatic carboxylic acids is 1. The first kappa shape index (κ1) is 9.51. The fourth-order valence-electron chi connectivity index (χ4n) is 1.56. The third kappa shape index (κ3) is 1.63. The molecule has 0 aliphatic carbocycles. The van der Waals surface area contributed by atoms with Gasteiger partial charge in [0.2, 0.25) is 0 Å². The zero-order chi connectivity index (χ0) is 11.0. The Labute approximate surface area is 84.9 Å². The maximum atomic E-state index is 11.6. The molecule has 78 valence electrons. The van der Waals surface area contributed by atoms with E-state index in [0.29, 0.717) is 10.9 Å². The van der Waals surface area contributed by atoms with Gasteiger partial charge in [0.25, 0.3) is 5.56 Å². The lowest BCUT2D eigenvalue weighted by Crippen LogP contribution is -2.11. The monoisotopic (exact) mass is 206 g/mol. The van der Waals surface area contributed by atoms with Gasteiger partial charge in [-0.15, -0.1) is 0 Å². The van der Waals surface area contributed by atoms with Gasteiger partial charge in [-0.3, -0.25) is 19.4 Å². The van der Waals surface area contributed by atoms with E-state index in [1.807, 2.05) is 0 Å². The van der Waals surface area contributed by atoms with Gasteiger partial charge < -0.3 is 5.11 Å². The molecule has 5 nitrogen and oxygen atoms in total. The minimum Gasteiger partial charge on any atom is -0.481 e. The molecule has 0 saturated carbocycles. The molecule has 1 aromatic carbocycles. The van der Waals surface area contributed by atoms with Crippen LogP contribution in [-0.4, -0.2) is 20.9 Å². The molecule has 5 heteroatoms.